The number of amides is 1. The molecule has 1 saturated heterocycles. The van der Waals surface area contributed by atoms with Gasteiger partial charge in [0.25, 0.3) is 0 Å². The Kier molecular flexibility index (Phi) is 4.73. The molecule has 1 aliphatic heterocycles. The highest BCUT2D eigenvalue weighted by Crippen LogP contribution is 2.12. The summed E-state index contributed by atoms with van der Waals surface area (Å²) in [6, 6.07) is 9.05. The molecule has 0 radical (unpaired) electrons. The van der Waals surface area contributed by atoms with E-state index in [1.165, 1.54) is 0 Å². The summed E-state index contributed by atoms with van der Waals surface area (Å²) in [4.78, 5) is 12.0. The summed E-state index contributed by atoms with van der Waals surface area (Å²) < 4.78 is 5.37. The van der Waals surface area contributed by atoms with Crippen molar-refractivity contribution >= 4 is 5.91 Å². The Bertz CT molecular complexity index is 373. The average molecular weight is 248 g/mol. The first-order chi connectivity index (χ1) is 8.77. The highest BCUT2D eigenvalue weighted by atomic mass is 16.5. The number of hydrogen-bond donors (Lipinski definition) is 2. The molecule has 4 nitrogen and oxygen atoms in total. The second kappa shape index (κ2) is 6.52. The van der Waals surface area contributed by atoms with Crippen LogP contribution in [0.4, 0.5) is 0 Å². The Morgan fingerprint density at radius 1 is 1.28 bits per heavy atom. The van der Waals surface area contributed by atoms with Crippen molar-refractivity contribution in [1.82, 2.24) is 5.32 Å². The van der Waals surface area contributed by atoms with Crippen LogP contribution in [0.1, 0.15) is 30.9 Å². The minimum absolute atomic E-state index is 0.104. The lowest BCUT2D eigenvalue weighted by Gasteiger charge is -2.19. The first-order valence-electron chi connectivity index (χ1n) is 6.46. The maximum Gasteiger partial charge on any atom is 0.241 e. The molecule has 4 heteroatoms. The van der Waals surface area contributed by atoms with Gasteiger partial charge in [0, 0.05) is 19.3 Å². The number of hydrogen-bond acceptors (Lipinski definition) is 3. The summed E-state index contributed by atoms with van der Waals surface area (Å²) in [5.41, 5.74) is 6.80. The van der Waals surface area contributed by atoms with Gasteiger partial charge in [-0.3, -0.25) is 4.79 Å². The molecule has 1 heterocycles. The summed E-state index contributed by atoms with van der Waals surface area (Å²) in [5.74, 6) is -0.104. The highest BCUT2D eigenvalue weighted by molar-refractivity contribution is 5.83. The van der Waals surface area contributed by atoms with Crippen LogP contribution in [0.5, 0.6) is 0 Å². The van der Waals surface area contributed by atoms with E-state index >= 15 is 0 Å². The van der Waals surface area contributed by atoms with Crippen LogP contribution < -0.4 is 11.1 Å². The van der Waals surface area contributed by atoms with E-state index in [1.54, 1.807) is 0 Å². The number of rotatable bonds is 3. The monoisotopic (exact) mass is 248 g/mol. The van der Waals surface area contributed by atoms with Gasteiger partial charge in [0.2, 0.25) is 5.91 Å². The topological polar surface area (TPSA) is 64.4 Å². The second-order valence-electron chi connectivity index (χ2n) is 4.64. The molecular weight excluding hydrogens is 228 g/mol. The Hall–Kier alpha value is -1.39. The van der Waals surface area contributed by atoms with Crippen LogP contribution >= 0.6 is 0 Å². The lowest BCUT2D eigenvalue weighted by molar-refractivity contribution is -0.123. The van der Waals surface area contributed by atoms with Gasteiger partial charge in [-0.25, -0.2) is 0 Å². The summed E-state index contributed by atoms with van der Waals surface area (Å²) in [5, 5.41) is 3.01. The first-order valence-corrected chi connectivity index (χ1v) is 6.46. The molecular formula is C14H20N2O2. The SMILES string of the molecule is NC(C(=O)NC1CCCOCC1)c1ccccc1. The van der Waals surface area contributed by atoms with Crippen LogP contribution in [0.2, 0.25) is 0 Å². The number of carbonyl (C=O) groups excluding carboxylic acids is 1. The van der Waals surface area contributed by atoms with Crippen molar-refractivity contribution in [3.05, 3.63) is 35.9 Å². The molecule has 2 rings (SSSR count). The van der Waals surface area contributed by atoms with E-state index in [0.29, 0.717) is 6.61 Å². The maximum absolute atomic E-state index is 12.0. The Morgan fingerprint density at radius 2 is 2.06 bits per heavy atom. The molecule has 2 atom stereocenters. The molecule has 1 aliphatic rings. The van der Waals surface area contributed by atoms with Crippen LogP contribution in [0.3, 0.4) is 0 Å². The molecule has 1 fully saturated rings. The number of benzene rings is 1. The molecule has 3 N–H and O–H groups in total. The van der Waals surface area contributed by atoms with Gasteiger partial charge in [-0.15, -0.1) is 0 Å². The quantitative estimate of drug-likeness (QED) is 0.849. The smallest absolute Gasteiger partial charge is 0.241 e. The zero-order valence-corrected chi connectivity index (χ0v) is 10.5. The highest BCUT2D eigenvalue weighted by Gasteiger charge is 2.20. The van der Waals surface area contributed by atoms with Gasteiger partial charge in [-0.1, -0.05) is 30.3 Å². The third-order valence-corrected chi connectivity index (χ3v) is 3.24. The van der Waals surface area contributed by atoms with Crippen molar-refractivity contribution in [2.24, 2.45) is 5.73 Å². The Morgan fingerprint density at radius 3 is 2.83 bits per heavy atom. The van der Waals surface area contributed by atoms with E-state index in [4.69, 9.17) is 10.5 Å². The average Bonchev–Trinajstić information content (AvgIpc) is 2.67. The van der Waals surface area contributed by atoms with Crippen molar-refractivity contribution < 1.29 is 9.53 Å². The fraction of sp³-hybridized carbons (Fsp3) is 0.500. The molecule has 18 heavy (non-hydrogen) atoms. The Labute approximate surface area is 108 Å². The van der Waals surface area contributed by atoms with Crippen molar-refractivity contribution in [1.29, 1.82) is 0 Å². The van der Waals surface area contributed by atoms with Gasteiger partial charge < -0.3 is 15.8 Å². The van der Waals surface area contributed by atoms with Gasteiger partial charge in [0.05, 0.1) is 0 Å². The summed E-state index contributed by atoms with van der Waals surface area (Å²) in [7, 11) is 0. The fourth-order valence-corrected chi connectivity index (χ4v) is 2.15. The van der Waals surface area contributed by atoms with E-state index in [2.05, 4.69) is 5.32 Å². The van der Waals surface area contributed by atoms with Gasteiger partial charge in [0.15, 0.2) is 0 Å². The van der Waals surface area contributed by atoms with Gasteiger partial charge in [0.1, 0.15) is 6.04 Å². The molecule has 2 unspecified atom stereocenters. The molecule has 0 spiro atoms. The summed E-state index contributed by atoms with van der Waals surface area (Å²) >= 11 is 0. The molecule has 0 saturated carbocycles. The predicted octanol–water partition coefficient (Wildman–Crippen LogP) is 1.37. The van der Waals surface area contributed by atoms with E-state index < -0.39 is 6.04 Å². The minimum atomic E-state index is -0.588. The van der Waals surface area contributed by atoms with Crippen LogP contribution in [-0.2, 0) is 9.53 Å². The van der Waals surface area contributed by atoms with Crippen LogP contribution in [0.15, 0.2) is 30.3 Å². The largest absolute Gasteiger partial charge is 0.381 e. The molecule has 1 aromatic rings. The van der Waals surface area contributed by atoms with Gasteiger partial charge >= 0.3 is 0 Å². The predicted molar refractivity (Wildman–Crippen MR) is 70.0 cm³/mol. The Balaban J connectivity index is 1.90. The standard InChI is InChI=1S/C14H20N2O2/c15-13(11-5-2-1-3-6-11)14(17)16-12-7-4-9-18-10-8-12/h1-3,5-6,12-13H,4,7-10,15H2,(H,16,17). The zero-order valence-electron chi connectivity index (χ0n) is 10.5. The molecule has 98 valence electrons. The van der Waals surface area contributed by atoms with Crippen molar-refractivity contribution in [3.8, 4) is 0 Å². The number of carbonyl (C=O) groups is 1. The zero-order chi connectivity index (χ0) is 12.8. The number of ether oxygens (including phenoxy) is 1. The van der Waals surface area contributed by atoms with E-state index in [0.717, 1.165) is 31.4 Å². The minimum Gasteiger partial charge on any atom is -0.381 e. The van der Waals surface area contributed by atoms with Gasteiger partial charge in [-0.05, 0) is 24.8 Å². The lowest BCUT2D eigenvalue weighted by Crippen LogP contribution is -2.40. The summed E-state index contributed by atoms with van der Waals surface area (Å²) in [6.07, 6.45) is 2.83. The van der Waals surface area contributed by atoms with E-state index in [-0.39, 0.29) is 11.9 Å². The van der Waals surface area contributed by atoms with Crippen molar-refractivity contribution in [2.75, 3.05) is 13.2 Å². The second-order valence-corrected chi connectivity index (χ2v) is 4.64. The fourth-order valence-electron chi connectivity index (χ4n) is 2.15. The van der Waals surface area contributed by atoms with Crippen LogP contribution in [0.25, 0.3) is 0 Å². The van der Waals surface area contributed by atoms with Crippen LogP contribution in [-0.4, -0.2) is 25.2 Å². The molecule has 0 aromatic heterocycles. The normalized spacial score (nSPS) is 21.9. The lowest BCUT2D eigenvalue weighted by atomic mass is 10.1. The maximum atomic E-state index is 12.0. The molecule has 1 amide bonds. The third-order valence-electron chi connectivity index (χ3n) is 3.24. The first kappa shape index (κ1) is 13.1. The molecule has 0 bridgehead atoms. The number of nitrogens with two attached hydrogens (primary N) is 1. The van der Waals surface area contributed by atoms with E-state index in [1.807, 2.05) is 30.3 Å². The number of nitrogens with one attached hydrogen (secondary N) is 1. The van der Waals surface area contributed by atoms with E-state index in [9.17, 15) is 4.79 Å². The third kappa shape index (κ3) is 3.55. The molecule has 1 aromatic carbocycles. The van der Waals surface area contributed by atoms with Crippen molar-refractivity contribution in [3.63, 3.8) is 0 Å². The molecule has 0 aliphatic carbocycles. The van der Waals surface area contributed by atoms with Gasteiger partial charge in [-0.2, -0.15) is 0 Å². The van der Waals surface area contributed by atoms with Crippen LogP contribution in [0, 0.1) is 0 Å². The summed E-state index contributed by atoms with van der Waals surface area (Å²) in [6.45, 7) is 1.50. The van der Waals surface area contributed by atoms with Crippen molar-refractivity contribution in [2.45, 2.75) is 31.3 Å².